The van der Waals surface area contributed by atoms with Crippen molar-refractivity contribution in [3.05, 3.63) is 47.9 Å². The predicted molar refractivity (Wildman–Crippen MR) is 73.4 cm³/mol. The van der Waals surface area contributed by atoms with Crippen LogP contribution in [-0.4, -0.2) is 14.6 Å². The van der Waals surface area contributed by atoms with Crippen molar-refractivity contribution < 1.29 is 4.74 Å². The number of nitrogen functional groups attached to an aromatic ring is 1. The van der Waals surface area contributed by atoms with Gasteiger partial charge in [0.05, 0.1) is 5.69 Å². The van der Waals surface area contributed by atoms with Crippen molar-refractivity contribution in [3.8, 4) is 11.6 Å². The fraction of sp³-hybridized carbons (Fsp3) is 0.143. The number of nitrogens with zero attached hydrogens (tertiary/aromatic N) is 3. The van der Waals surface area contributed by atoms with Gasteiger partial charge in [-0.2, -0.15) is 5.10 Å². The molecule has 0 fully saturated rings. The van der Waals surface area contributed by atoms with Crippen LogP contribution >= 0.6 is 0 Å². The number of hydrogen-bond donors (Lipinski definition) is 1. The van der Waals surface area contributed by atoms with E-state index in [-0.39, 0.29) is 0 Å². The minimum Gasteiger partial charge on any atom is -0.437 e. The summed E-state index contributed by atoms with van der Waals surface area (Å²) >= 11 is 0. The molecular weight excluding hydrogens is 240 g/mol. The molecule has 19 heavy (non-hydrogen) atoms. The van der Waals surface area contributed by atoms with Gasteiger partial charge in [0.25, 0.3) is 0 Å². The molecule has 1 aromatic carbocycles. The summed E-state index contributed by atoms with van der Waals surface area (Å²) in [6.45, 7) is 3.86. The Bertz CT molecular complexity index is 748. The molecule has 0 radical (unpaired) electrons. The lowest BCUT2D eigenvalue weighted by Crippen LogP contribution is -1.97. The fourth-order valence-electron chi connectivity index (χ4n) is 1.95. The highest BCUT2D eigenvalue weighted by atomic mass is 16.5. The first-order chi connectivity index (χ1) is 9.15. The zero-order chi connectivity index (χ0) is 13.4. The number of fused-ring (bicyclic) bond motifs is 1. The van der Waals surface area contributed by atoms with Gasteiger partial charge in [-0.15, -0.1) is 0 Å². The second kappa shape index (κ2) is 4.28. The zero-order valence-corrected chi connectivity index (χ0v) is 10.8. The van der Waals surface area contributed by atoms with E-state index in [2.05, 4.69) is 10.1 Å². The van der Waals surface area contributed by atoms with Gasteiger partial charge in [0.1, 0.15) is 11.3 Å². The van der Waals surface area contributed by atoms with Crippen molar-refractivity contribution in [2.75, 3.05) is 5.73 Å². The van der Waals surface area contributed by atoms with Crippen LogP contribution in [0.4, 0.5) is 5.69 Å². The average molecular weight is 254 g/mol. The molecule has 0 aliphatic rings. The second-order valence-corrected chi connectivity index (χ2v) is 4.42. The minimum atomic E-state index is 0.525. The summed E-state index contributed by atoms with van der Waals surface area (Å²) in [5, 5.41) is 4.33. The Morgan fingerprint density at radius 1 is 1.26 bits per heavy atom. The molecule has 0 atom stereocenters. The van der Waals surface area contributed by atoms with Gasteiger partial charge < -0.3 is 10.5 Å². The minimum absolute atomic E-state index is 0.525. The number of rotatable bonds is 2. The van der Waals surface area contributed by atoms with E-state index in [1.54, 1.807) is 16.9 Å². The summed E-state index contributed by atoms with van der Waals surface area (Å²) in [4.78, 5) is 4.26. The highest BCUT2D eigenvalue weighted by molar-refractivity contribution is 5.60. The SMILES string of the molecule is Cc1cc2c(Oc3cccc(N)c3C)nccn2n1. The molecule has 0 aliphatic heterocycles. The molecule has 2 aromatic heterocycles. The van der Waals surface area contributed by atoms with E-state index in [0.29, 0.717) is 17.3 Å². The lowest BCUT2D eigenvalue weighted by Gasteiger charge is -2.09. The maximum atomic E-state index is 5.87. The second-order valence-electron chi connectivity index (χ2n) is 4.42. The van der Waals surface area contributed by atoms with Crippen LogP contribution in [0.2, 0.25) is 0 Å². The standard InChI is InChI=1S/C14H14N4O/c1-9-8-12-14(16-6-7-18(12)17-9)19-13-5-3-4-11(15)10(13)2/h3-8H,15H2,1-2H3. The van der Waals surface area contributed by atoms with Crippen LogP contribution in [0.3, 0.4) is 0 Å². The first kappa shape index (κ1) is 11.5. The summed E-state index contributed by atoms with van der Waals surface area (Å²) in [6, 6.07) is 7.52. The number of nitrogens with two attached hydrogens (primary N) is 1. The van der Waals surface area contributed by atoms with Crippen molar-refractivity contribution in [2.24, 2.45) is 0 Å². The third-order valence-corrected chi connectivity index (χ3v) is 3.01. The summed E-state index contributed by atoms with van der Waals surface area (Å²) in [5.74, 6) is 1.23. The molecule has 96 valence electrons. The zero-order valence-electron chi connectivity index (χ0n) is 10.8. The Balaban J connectivity index is 2.08. The van der Waals surface area contributed by atoms with Gasteiger partial charge in [0.15, 0.2) is 0 Å². The number of aryl methyl sites for hydroxylation is 1. The molecule has 0 saturated carbocycles. The maximum absolute atomic E-state index is 5.87. The lowest BCUT2D eigenvalue weighted by molar-refractivity contribution is 0.462. The van der Waals surface area contributed by atoms with Crippen molar-refractivity contribution in [2.45, 2.75) is 13.8 Å². The van der Waals surface area contributed by atoms with Crippen LogP contribution in [0, 0.1) is 13.8 Å². The molecule has 5 nitrogen and oxygen atoms in total. The molecule has 2 N–H and O–H groups in total. The number of anilines is 1. The Morgan fingerprint density at radius 2 is 2.11 bits per heavy atom. The quantitative estimate of drug-likeness (QED) is 0.714. The van der Waals surface area contributed by atoms with Crippen LogP contribution in [0.5, 0.6) is 11.6 Å². The summed E-state index contributed by atoms with van der Waals surface area (Å²) in [6.07, 6.45) is 3.46. The molecule has 3 aromatic rings. The van der Waals surface area contributed by atoms with Gasteiger partial charge in [-0.05, 0) is 32.0 Å². The molecule has 0 unspecified atom stereocenters. The third-order valence-electron chi connectivity index (χ3n) is 3.01. The molecule has 3 rings (SSSR count). The highest BCUT2D eigenvalue weighted by Gasteiger charge is 2.10. The van der Waals surface area contributed by atoms with Crippen LogP contribution in [0.15, 0.2) is 36.7 Å². The van der Waals surface area contributed by atoms with Gasteiger partial charge in [0.2, 0.25) is 5.88 Å². The lowest BCUT2D eigenvalue weighted by atomic mass is 10.2. The van der Waals surface area contributed by atoms with E-state index < -0.39 is 0 Å². The largest absolute Gasteiger partial charge is 0.437 e. The van der Waals surface area contributed by atoms with E-state index in [0.717, 1.165) is 16.8 Å². The Labute approximate surface area is 110 Å². The van der Waals surface area contributed by atoms with Crippen molar-refractivity contribution in [1.82, 2.24) is 14.6 Å². The van der Waals surface area contributed by atoms with Crippen molar-refractivity contribution in [3.63, 3.8) is 0 Å². The monoisotopic (exact) mass is 254 g/mol. The first-order valence-corrected chi connectivity index (χ1v) is 5.99. The molecule has 0 spiro atoms. The molecule has 5 heteroatoms. The molecule has 0 aliphatic carbocycles. The van der Waals surface area contributed by atoms with E-state index in [1.165, 1.54) is 0 Å². The molecule has 2 heterocycles. The predicted octanol–water partition coefficient (Wildman–Crippen LogP) is 2.72. The molecular formula is C14H14N4O. The molecule has 0 saturated heterocycles. The molecule has 0 bridgehead atoms. The average Bonchev–Trinajstić information content (AvgIpc) is 2.76. The Morgan fingerprint density at radius 3 is 2.95 bits per heavy atom. The first-order valence-electron chi connectivity index (χ1n) is 5.99. The van der Waals surface area contributed by atoms with Gasteiger partial charge in [-0.1, -0.05) is 6.07 Å². The molecule has 0 amide bonds. The van der Waals surface area contributed by atoms with E-state index in [1.807, 2.05) is 38.1 Å². The number of ether oxygens (including phenoxy) is 1. The smallest absolute Gasteiger partial charge is 0.245 e. The van der Waals surface area contributed by atoms with Crippen molar-refractivity contribution in [1.29, 1.82) is 0 Å². The van der Waals surface area contributed by atoms with Gasteiger partial charge in [0, 0.05) is 23.6 Å². The number of benzene rings is 1. The summed E-state index contributed by atoms with van der Waals surface area (Å²) in [5.41, 5.74) is 9.23. The van der Waals surface area contributed by atoms with Gasteiger partial charge >= 0.3 is 0 Å². The summed E-state index contributed by atoms with van der Waals surface area (Å²) in [7, 11) is 0. The van der Waals surface area contributed by atoms with Crippen LogP contribution in [0.1, 0.15) is 11.3 Å². The van der Waals surface area contributed by atoms with E-state index in [9.17, 15) is 0 Å². The van der Waals surface area contributed by atoms with Crippen molar-refractivity contribution >= 4 is 11.2 Å². The van der Waals surface area contributed by atoms with Gasteiger partial charge in [-0.3, -0.25) is 0 Å². The van der Waals surface area contributed by atoms with Crippen LogP contribution < -0.4 is 10.5 Å². The van der Waals surface area contributed by atoms with Crippen LogP contribution in [0.25, 0.3) is 5.52 Å². The normalized spacial score (nSPS) is 10.8. The topological polar surface area (TPSA) is 65.4 Å². The van der Waals surface area contributed by atoms with Crippen LogP contribution in [-0.2, 0) is 0 Å². The Kier molecular flexibility index (Phi) is 2.59. The number of aromatic nitrogens is 3. The highest BCUT2D eigenvalue weighted by Crippen LogP contribution is 2.29. The summed E-state index contributed by atoms with van der Waals surface area (Å²) < 4.78 is 7.61. The number of hydrogen-bond acceptors (Lipinski definition) is 4. The van der Waals surface area contributed by atoms with Gasteiger partial charge in [-0.25, -0.2) is 9.50 Å². The van der Waals surface area contributed by atoms with E-state index in [4.69, 9.17) is 10.5 Å². The Hall–Kier alpha value is -2.56. The van der Waals surface area contributed by atoms with E-state index >= 15 is 0 Å². The fourth-order valence-corrected chi connectivity index (χ4v) is 1.95. The third kappa shape index (κ3) is 1.99. The maximum Gasteiger partial charge on any atom is 0.245 e.